The maximum absolute atomic E-state index is 13.0. The monoisotopic (exact) mass is 400 g/mol. The molecule has 2 N–H and O–H groups in total. The molecule has 0 saturated heterocycles. The smallest absolute Gasteiger partial charge is 0.418 e. The molecule has 0 radical (unpaired) electrons. The van der Waals surface area contributed by atoms with Crippen molar-refractivity contribution in [2.45, 2.75) is 6.18 Å². The maximum atomic E-state index is 13.0. The highest BCUT2D eigenvalue weighted by Crippen LogP contribution is 2.34. The number of hydrogen-bond donors (Lipinski definition) is 2. The second kappa shape index (κ2) is 8.47. The van der Waals surface area contributed by atoms with Gasteiger partial charge in [-0.3, -0.25) is 9.59 Å². The minimum atomic E-state index is -4.66. The van der Waals surface area contributed by atoms with Crippen molar-refractivity contribution in [1.29, 1.82) is 0 Å². The molecule has 3 rings (SSSR count). The number of halogens is 3. The Kier molecular flexibility index (Phi) is 5.82. The summed E-state index contributed by atoms with van der Waals surface area (Å²) in [6.07, 6.45) is -4.66. The van der Waals surface area contributed by atoms with Gasteiger partial charge in [-0.25, -0.2) is 0 Å². The third-order valence-electron chi connectivity index (χ3n) is 3.78. The Bertz CT molecular complexity index is 1000. The van der Waals surface area contributed by atoms with Crippen molar-refractivity contribution in [3.8, 4) is 11.5 Å². The molecule has 0 spiro atoms. The zero-order valence-corrected chi connectivity index (χ0v) is 14.9. The summed E-state index contributed by atoms with van der Waals surface area (Å²) in [7, 11) is 0. The SMILES string of the molecule is O=C(Nc1ccc(Oc2ccccc2)cc1)C(=O)Nc1ccccc1C(F)(F)F. The molecule has 0 saturated carbocycles. The molecule has 3 aromatic carbocycles. The molecular weight excluding hydrogens is 385 g/mol. The van der Waals surface area contributed by atoms with Crippen LogP contribution in [-0.4, -0.2) is 11.8 Å². The Balaban J connectivity index is 1.62. The first-order valence-electron chi connectivity index (χ1n) is 8.44. The van der Waals surface area contributed by atoms with Crippen LogP contribution in [0.15, 0.2) is 78.9 Å². The molecule has 2 amide bonds. The zero-order valence-electron chi connectivity index (χ0n) is 14.9. The van der Waals surface area contributed by atoms with E-state index >= 15 is 0 Å². The molecule has 0 atom stereocenters. The third kappa shape index (κ3) is 5.35. The van der Waals surface area contributed by atoms with Crippen molar-refractivity contribution in [1.82, 2.24) is 0 Å². The van der Waals surface area contributed by atoms with Gasteiger partial charge in [-0.1, -0.05) is 30.3 Å². The van der Waals surface area contributed by atoms with Crippen LogP contribution in [0.3, 0.4) is 0 Å². The first kappa shape index (κ1) is 19.9. The number of carbonyl (C=O) groups is 2. The zero-order chi connectivity index (χ0) is 20.9. The fraction of sp³-hybridized carbons (Fsp3) is 0.0476. The quantitative estimate of drug-likeness (QED) is 0.601. The second-order valence-corrected chi connectivity index (χ2v) is 5.89. The predicted octanol–water partition coefficient (Wildman–Crippen LogP) is 5.07. The van der Waals surface area contributed by atoms with Gasteiger partial charge in [0.15, 0.2) is 0 Å². The van der Waals surface area contributed by atoms with Crippen LogP contribution in [0.25, 0.3) is 0 Å². The van der Waals surface area contributed by atoms with Crippen LogP contribution < -0.4 is 15.4 Å². The minimum absolute atomic E-state index is 0.287. The van der Waals surface area contributed by atoms with Gasteiger partial charge in [0.1, 0.15) is 11.5 Å². The Hall–Kier alpha value is -3.81. The highest BCUT2D eigenvalue weighted by Gasteiger charge is 2.34. The number of rotatable bonds is 4. The molecular formula is C21H15F3N2O3. The summed E-state index contributed by atoms with van der Waals surface area (Å²) in [5.74, 6) is -1.17. The van der Waals surface area contributed by atoms with E-state index in [2.05, 4.69) is 5.32 Å². The Morgan fingerprint density at radius 2 is 1.24 bits per heavy atom. The molecule has 0 aliphatic rings. The lowest BCUT2D eigenvalue weighted by Gasteiger charge is -2.13. The van der Waals surface area contributed by atoms with Crippen LogP contribution in [0.2, 0.25) is 0 Å². The number of para-hydroxylation sites is 2. The number of benzene rings is 3. The van der Waals surface area contributed by atoms with Gasteiger partial charge in [-0.15, -0.1) is 0 Å². The fourth-order valence-electron chi connectivity index (χ4n) is 2.44. The van der Waals surface area contributed by atoms with Crippen molar-refractivity contribution in [2.75, 3.05) is 10.6 Å². The van der Waals surface area contributed by atoms with Crippen molar-refractivity contribution in [3.05, 3.63) is 84.4 Å². The Morgan fingerprint density at radius 1 is 0.690 bits per heavy atom. The standard InChI is InChI=1S/C21H15F3N2O3/c22-21(23,24)17-8-4-5-9-18(17)26-20(28)19(27)25-14-10-12-16(13-11-14)29-15-6-2-1-3-7-15/h1-13H,(H,25,27)(H,26,28). The average molecular weight is 400 g/mol. The van der Waals surface area contributed by atoms with E-state index in [9.17, 15) is 22.8 Å². The molecule has 0 aliphatic heterocycles. The summed E-state index contributed by atoms with van der Waals surface area (Å²) < 4.78 is 44.5. The maximum Gasteiger partial charge on any atom is 0.418 e. The average Bonchev–Trinajstić information content (AvgIpc) is 2.70. The summed E-state index contributed by atoms with van der Waals surface area (Å²) in [6.45, 7) is 0. The van der Waals surface area contributed by atoms with Gasteiger partial charge in [-0.2, -0.15) is 13.2 Å². The first-order chi connectivity index (χ1) is 13.8. The number of carbonyl (C=O) groups excluding carboxylic acids is 2. The lowest BCUT2D eigenvalue weighted by Crippen LogP contribution is -2.30. The van der Waals surface area contributed by atoms with E-state index in [1.165, 1.54) is 24.3 Å². The minimum Gasteiger partial charge on any atom is -0.457 e. The van der Waals surface area contributed by atoms with Gasteiger partial charge in [-0.05, 0) is 48.5 Å². The third-order valence-corrected chi connectivity index (χ3v) is 3.78. The van der Waals surface area contributed by atoms with Crippen molar-refractivity contribution >= 4 is 23.2 Å². The van der Waals surface area contributed by atoms with Gasteiger partial charge < -0.3 is 15.4 Å². The van der Waals surface area contributed by atoms with Gasteiger partial charge in [0, 0.05) is 5.69 Å². The van der Waals surface area contributed by atoms with Crippen LogP contribution in [-0.2, 0) is 15.8 Å². The van der Waals surface area contributed by atoms with Crippen LogP contribution in [0.5, 0.6) is 11.5 Å². The van der Waals surface area contributed by atoms with Crippen LogP contribution in [0.4, 0.5) is 24.5 Å². The Morgan fingerprint density at radius 3 is 1.90 bits per heavy atom. The van der Waals surface area contributed by atoms with E-state index in [1.54, 1.807) is 24.3 Å². The van der Waals surface area contributed by atoms with Crippen molar-refractivity contribution < 1.29 is 27.5 Å². The largest absolute Gasteiger partial charge is 0.457 e. The highest BCUT2D eigenvalue weighted by atomic mass is 19.4. The summed E-state index contributed by atoms with van der Waals surface area (Å²) in [5, 5.41) is 4.31. The van der Waals surface area contributed by atoms with E-state index in [1.807, 2.05) is 23.5 Å². The summed E-state index contributed by atoms with van der Waals surface area (Å²) in [5.41, 5.74) is -1.25. The van der Waals surface area contributed by atoms with Crippen LogP contribution in [0.1, 0.15) is 5.56 Å². The fourth-order valence-corrected chi connectivity index (χ4v) is 2.44. The molecule has 8 heteroatoms. The van der Waals surface area contributed by atoms with Gasteiger partial charge in [0.25, 0.3) is 0 Å². The molecule has 0 aromatic heterocycles. The van der Waals surface area contributed by atoms with Gasteiger partial charge >= 0.3 is 18.0 Å². The Labute approximate surface area is 164 Å². The number of anilines is 2. The van der Waals surface area contributed by atoms with Crippen molar-refractivity contribution in [3.63, 3.8) is 0 Å². The number of ether oxygens (including phenoxy) is 1. The number of amides is 2. The molecule has 5 nitrogen and oxygen atoms in total. The first-order valence-corrected chi connectivity index (χ1v) is 8.44. The predicted molar refractivity (Wildman–Crippen MR) is 102 cm³/mol. The molecule has 0 bridgehead atoms. The summed E-state index contributed by atoms with van der Waals surface area (Å²) in [4.78, 5) is 24.0. The van der Waals surface area contributed by atoms with E-state index in [-0.39, 0.29) is 5.69 Å². The van der Waals surface area contributed by atoms with Gasteiger partial charge in [0.05, 0.1) is 11.3 Å². The molecule has 0 unspecified atom stereocenters. The summed E-state index contributed by atoms with van der Waals surface area (Å²) in [6, 6.07) is 19.6. The van der Waals surface area contributed by atoms with E-state index < -0.39 is 29.2 Å². The lowest BCUT2D eigenvalue weighted by molar-refractivity contribution is -0.137. The molecule has 0 aliphatic carbocycles. The normalized spacial score (nSPS) is 10.9. The highest BCUT2D eigenvalue weighted by molar-refractivity contribution is 6.43. The molecule has 148 valence electrons. The second-order valence-electron chi connectivity index (χ2n) is 5.89. The molecule has 3 aromatic rings. The topological polar surface area (TPSA) is 67.4 Å². The molecule has 0 fully saturated rings. The van der Waals surface area contributed by atoms with Gasteiger partial charge in [0.2, 0.25) is 0 Å². The van der Waals surface area contributed by atoms with E-state index in [4.69, 9.17) is 4.74 Å². The number of nitrogens with one attached hydrogen (secondary N) is 2. The number of alkyl halides is 3. The summed E-state index contributed by atoms with van der Waals surface area (Å²) >= 11 is 0. The molecule has 0 heterocycles. The van der Waals surface area contributed by atoms with E-state index in [0.29, 0.717) is 11.5 Å². The van der Waals surface area contributed by atoms with Crippen LogP contribution in [0, 0.1) is 0 Å². The van der Waals surface area contributed by atoms with Crippen LogP contribution >= 0.6 is 0 Å². The van der Waals surface area contributed by atoms with Crippen molar-refractivity contribution in [2.24, 2.45) is 0 Å². The lowest BCUT2D eigenvalue weighted by atomic mass is 10.1. The molecule has 29 heavy (non-hydrogen) atoms. The van der Waals surface area contributed by atoms with E-state index in [0.717, 1.165) is 12.1 Å². The number of hydrogen-bond acceptors (Lipinski definition) is 3.